The summed E-state index contributed by atoms with van der Waals surface area (Å²) in [5.41, 5.74) is 3.98. The number of aryl methyl sites for hydroxylation is 2. The van der Waals surface area contributed by atoms with Gasteiger partial charge in [0.2, 0.25) is 5.89 Å². The van der Waals surface area contributed by atoms with Crippen molar-refractivity contribution < 1.29 is 4.42 Å². The zero-order valence-corrected chi connectivity index (χ0v) is 11.2. The first-order valence-electron chi connectivity index (χ1n) is 6.07. The molecule has 1 N–H and O–H groups in total. The Hall–Kier alpha value is -1.35. The van der Waals surface area contributed by atoms with Crippen molar-refractivity contribution >= 4 is 11.1 Å². The van der Waals surface area contributed by atoms with Gasteiger partial charge in [-0.3, -0.25) is 0 Å². The molecular weight excluding hydrogens is 212 g/mol. The number of benzene rings is 1. The average molecular weight is 232 g/mol. The molecule has 0 unspecified atom stereocenters. The van der Waals surface area contributed by atoms with Crippen molar-refractivity contribution in [2.45, 2.75) is 40.2 Å². The van der Waals surface area contributed by atoms with E-state index in [1.165, 1.54) is 5.56 Å². The maximum atomic E-state index is 5.90. The molecule has 17 heavy (non-hydrogen) atoms. The molecule has 0 saturated carbocycles. The molecule has 1 aromatic heterocycles. The van der Waals surface area contributed by atoms with Gasteiger partial charge in [0.1, 0.15) is 5.52 Å². The highest BCUT2D eigenvalue weighted by Crippen LogP contribution is 2.27. The third-order valence-electron chi connectivity index (χ3n) is 2.97. The lowest BCUT2D eigenvalue weighted by molar-refractivity contribution is 0.322. The highest BCUT2D eigenvalue weighted by atomic mass is 16.4. The van der Waals surface area contributed by atoms with Crippen LogP contribution < -0.4 is 5.32 Å². The molecule has 0 aliphatic carbocycles. The summed E-state index contributed by atoms with van der Waals surface area (Å²) in [5, 5.41) is 3.38. The van der Waals surface area contributed by atoms with Crippen LogP contribution in [0.4, 0.5) is 0 Å². The van der Waals surface area contributed by atoms with Crippen LogP contribution in [0, 0.1) is 13.8 Å². The number of nitrogens with one attached hydrogen (secondary N) is 1. The monoisotopic (exact) mass is 232 g/mol. The Bertz CT molecular complexity index is 540. The van der Waals surface area contributed by atoms with E-state index in [-0.39, 0.29) is 5.54 Å². The Morgan fingerprint density at radius 2 is 2.00 bits per heavy atom. The molecule has 0 aliphatic rings. The van der Waals surface area contributed by atoms with Gasteiger partial charge in [0.15, 0.2) is 5.58 Å². The van der Waals surface area contributed by atoms with Crippen LogP contribution in [-0.2, 0) is 5.54 Å². The summed E-state index contributed by atoms with van der Waals surface area (Å²) in [7, 11) is 0. The third kappa shape index (κ3) is 2.20. The van der Waals surface area contributed by atoms with E-state index < -0.39 is 0 Å². The molecule has 92 valence electrons. The highest BCUT2D eigenvalue weighted by Gasteiger charge is 2.25. The molecule has 1 heterocycles. The Labute approximate surface area is 102 Å². The van der Waals surface area contributed by atoms with Crippen LogP contribution in [-0.4, -0.2) is 11.5 Å². The summed E-state index contributed by atoms with van der Waals surface area (Å²) in [4.78, 5) is 4.60. The van der Waals surface area contributed by atoms with E-state index >= 15 is 0 Å². The van der Waals surface area contributed by atoms with E-state index in [4.69, 9.17) is 4.42 Å². The van der Waals surface area contributed by atoms with Gasteiger partial charge in [-0.25, -0.2) is 4.98 Å². The van der Waals surface area contributed by atoms with Crippen molar-refractivity contribution in [2.75, 3.05) is 6.54 Å². The summed E-state index contributed by atoms with van der Waals surface area (Å²) in [6.45, 7) is 11.3. The summed E-state index contributed by atoms with van der Waals surface area (Å²) in [5.74, 6) is 0.753. The first-order chi connectivity index (χ1) is 7.94. The fourth-order valence-electron chi connectivity index (χ4n) is 2.16. The standard InChI is InChI=1S/C14H20N2O/c1-6-15-14(4,5)13-16-11-8-9(2)7-10(3)12(11)17-13/h7-8,15H,6H2,1-5H3. The molecule has 0 radical (unpaired) electrons. The van der Waals surface area contributed by atoms with E-state index in [0.29, 0.717) is 0 Å². The first kappa shape index (κ1) is 12.1. The lowest BCUT2D eigenvalue weighted by atomic mass is 10.1. The first-order valence-corrected chi connectivity index (χ1v) is 6.07. The Morgan fingerprint density at radius 3 is 2.65 bits per heavy atom. The van der Waals surface area contributed by atoms with Crippen LogP contribution in [0.2, 0.25) is 0 Å². The normalized spacial score (nSPS) is 12.3. The third-order valence-corrected chi connectivity index (χ3v) is 2.97. The fourth-order valence-corrected chi connectivity index (χ4v) is 2.16. The highest BCUT2D eigenvalue weighted by molar-refractivity contribution is 5.77. The van der Waals surface area contributed by atoms with Crippen LogP contribution in [0.3, 0.4) is 0 Å². The molecule has 3 nitrogen and oxygen atoms in total. The lowest BCUT2D eigenvalue weighted by Gasteiger charge is -2.21. The van der Waals surface area contributed by atoms with Gasteiger partial charge in [-0.2, -0.15) is 0 Å². The summed E-state index contributed by atoms with van der Waals surface area (Å²) >= 11 is 0. The van der Waals surface area contributed by atoms with Gasteiger partial charge in [-0.1, -0.05) is 13.0 Å². The summed E-state index contributed by atoms with van der Waals surface area (Å²) in [6, 6.07) is 4.19. The van der Waals surface area contributed by atoms with Gasteiger partial charge in [0, 0.05) is 0 Å². The molecule has 1 aromatic carbocycles. The van der Waals surface area contributed by atoms with Gasteiger partial charge in [0.25, 0.3) is 0 Å². The predicted molar refractivity (Wildman–Crippen MR) is 70.2 cm³/mol. The largest absolute Gasteiger partial charge is 0.438 e. The minimum absolute atomic E-state index is 0.228. The SMILES string of the molecule is CCNC(C)(C)c1nc2cc(C)cc(C)c2o1. The quantitative estimate of drug-likeness (QED) is 0.882. The van der Waals surface area contributed by atoms with Crippen molar-refractivity contribution in [3.05, 3.63) is 29.2 Å². The number of hydrogen-bond acceptors (Lipinski definition) is 3. The van der Waals surface area contributed by atoms with Crippen LogP contribution in [0.15, 0.2) is 16.5 Å². The molecule has 3 heteroatoms. The minimum atomic E-state index is -0.228. The van der Waals surface area contributed by atoms with Gasteiger partial charge in [0.05, 0.1) is 5.54 Å². The van der Waals surface area contributed by atoms with Crippen LogP contribution >= 0.6 is 0 Å². The van der Waals surface area contributed by atoms with E-state index in [1.807, 2.05) is 0 Å². The molecule has 0 spiro atoms. The zero-order chi connectivity index (χ0) is 12.6. The van der Waals surface area contributed by atoms with E-state index in [0.717, 1.165) is 29.1 Å². The number of oxazole rings is 1. The number of aromatic nitrogens is 1. The molecule has 0 aliphatic heterocycles. The number of fused-ring (bicyclic) bond motifs is 1. The number of nitrogens with zero attached hydrogens (tertiary/aromatic N) is 1. The molecular formula is C14H20N2O. The van der Waals surface area contributed by atoms with Crippen molar-refractivity contribution in [3.8, 4) is 0 Å². The Balaban J connectivity index is 2.55. The number of hydrogen-bond donors (Lipinski definition) is 1. The second kappa shape index (κ2) is 4.15. The smallest absolute Gasteiger partial charge is 0.215 e. The van der Waals surface area contributed by atoms with Crippen molar-refractivity contribution in [1.82, 2.24) is 10.3 Å². The molecule has 0 atom stereocenters. The maximum absolute atomic E-state index is 5.90. The molecule has 2 aromatic rings. The predicted octanol–water partition coefficient (Wildman–Crippen LogP) is 3.29. The average Bonchev–Trinajstić information content (AvgIpc) is 2.62. The molecule has 0 amide bonds. The van der Waals surface area contributed by atoms with E-state index in [9.17, 15) is 0 Å². The van der Waals surface area contributed by atoms with Crippen LogP contribution in [0.5, 0.6) is 0 Å². The lowest BCUT2D eigenvalue weighted by Crippen LogP contribution is -2.36. The Kier molecular flexibility index (Phi) is 2.96. The van der Waals surface area contributed by atoms with E-state index in [2.05, 4.69) is 57.1 Å². The van der Waals surface area contributed by atoms with Crippen molar-refractivity contribution in [3.63, 3.8) is 0 Å². The second-order valence-electron chi connectivity index (χ2n) is 5.10. The van der Waals surface area contributed by atoms with Crippen molar-refractivity contribution in [1.29, 1.82) is 0 Å². The molecule has 0 bridgehead atoms. The molecule has 0 fully saturated rings. The minimum Gasteiger partial charge on any atom is -0.438 e. The topological polar surface area (TPSA) is 38.1 Å². The summed E-state index contributed by atoms with van der Waals surface area (Å²) in [6.07, 6.45) is 0. The fraction of sp³-hybridized carbons (Fsp3) is 0.500. The van der Waals surface area contributed by atoms with Crippen LogP contribution in [0.25, 0.3) is 11.1 Å². The second-order valence-corrected chi connectivity index (χ2v) is 5.10. The number of rotatable bonds is 3. The van der Waals surface area contributed by atoms with Gasteiger partial charge in [-0.15, -0.1) is 0 Å². The van der Waals surface area contributed by atoms with Gasteiger partial charge >= 0.3 is 0 Å². The van der Waals surface area contributed by atoms with Gasteiger partial charge < -0.3 is 9.73 Å². The molecule has 0 saturated heterocycles. The van der Waals surface area contributed by atoms with Crippen LogP contribution in [0.1, 0.15) is 37.8 Å². The van der Waals surface area contributed by atoms with Gasteiger partial charge in [-0.05, 0) is 51.4 Å². The Morgan fingerprint density at radius 1 is 1.29 bits per heavy atom. The van der Waals surface area contributed by atoms with E-state index in [1.54, 1.807) is 0 Å². The van der Waals surface area contributed by atoms with Crippen molar-refractivity contribution in [2.24, 2.45) is 0 Å². The maximum Gasteiger partial charge on any atom is 0.215 e. The molecule has 2 rings (SSSR count). The summed E-state index contributed by atoms with van der Waals surface area (Å²) < 4.78 is 5.90. The zero-order valence-electron chi connectivity index (χ0n) is 11.2.